The number of hydrogen-bond acceptors (Lipinski definition) is 3. The van der Waals surface area contributed by atoms with Crippen LogP contribution in [0.1, 0.15) is 11.1 Å². The third kappa shape index (κ3) is 1.74. The Morgan fingerprint density at radius 3 is 2.67 bits per heavy atom. The van der Waals surface area contributed by atoms with Crippen molar-refractivity contribution in [2.24, 2.45) is 0 Å². The molecule has 1 aromatic heterocycles. The van der Waals surface area contributed by atoms with Crippen molar-refractivity contribution in [1.29, 1.82) is 10.5 Å². The van der Waals surface area contributed by atoms with Gasteiger partial charge in [-0.15, -0.1) is 11.3 Å². The molecule has 0 aliphatic carbocycles. The lowest BCUT2D eigenvalue weighted by molar-refractivity contribution is 1.45. The average molecular weight is 209 g/mol. The van der Waals surface area contributed by atoms with Crippen LogP contribution in [0.2, 0.25) is 0 Å². The Kier molecular flexibility index (Phi) is 2.49. The predicted octanol–water partition coefficient (Wildman–Crippen LogP) is 2.96. The molecule has 0 amide bonds. The molecule has 0 fully saturated rings. The number of benzene rings is 1. The van der Waals surface area contributed by atoms with Crippen LogP contribution >= 0.6 is 11.3 Å². The molecule has 0 aliphatic rings. The van der Waals surface area contributed by atoms with Crippen molar-refractivity contribution in [2.45, 2.75) is 0 Å². The molecule has 2 nitrogen and oxygen atoms in total. The molecule has 1 heterocycles. The minimum Gasteiger partial charge on any atom is -0.192 e. The van der Waals surface area contributed by atoms with Crippen molar-refractivity contribution < 1.29 is 0 Å². The van der Waals surface area contributed by atoms with Crippen molar-refractivity contribution in [3.63, 3.8) is 0 Å². The third-order valence-electron chi connectivity index (χ3n) is 2.00. The number of rotatable bonds is 1. The van der Waals surface area contributed by atoms with Crippen LogP contribution < -0.4 is 0 Å². The van der Waals surface area contributed by atoms with Crippen LogP contribution in [-0.4, -0.2) is 0 Å². The van der Waals surface area contributed by atoms with E-state index in [4.69, 9.17) is 10.5 Å². The lowest BCUT2D eigenvalue weighted by Gasteiger charge is -2.00. The number of thiophene rings is 1. The molecule has 0 aliphatic heterocycles. The fourth-order valence-corrected chi connectivity index (χ4v) is 2.01. The molecular formula is C12H5N2S. The fraction of sp³-hybridized carbons (Fsp3) is 0. The van der Waals surface area contributed by atoms with Gasteiger partial charge in [-0.3, -0.25) is 0 Å². The molecule has 2 rings (SSSR count). The van der Waals surface area contributed by atoms with E-state index in [1.54, 1.807) is 18.2 Å². The Hall–Kier alpha value is -2.10. The van der Waals surface area contributed by atoms with E-state index in [-0.39, 0.29) is 0 Å². The van der Waals surface area contributed by atoms with Gasteiger partial charge in [0.15, 0.2) is 0 Å². The number of hydrogen-bond donors (Lipinski definition) is 0. The Labute approximate surface area is 91.6 Å². The fourth-order valence-electron chi connectivity index (χ4n) is 1.30. The number of nitrogens with zero attached hydrogens (tertiary/aromatic N) is 2. The Balaban J connectivity index is 2.60. The Morgan fingerprint density at radius 2 is 2.07 bits per heavy atom. The van der Waals surface area contributed by atoms with Gasteiger partial charge in [-0.05, 0) is 29.6 Å². The summed E-state index contributed by atoms with van der Waals surface area (Å²) in [6.45, 7) is 0. The second kappa shape index (κ2) is 3.96. The van der Waals surface area contributed by atoms with E-state index in [0.29, 0.717) is 11.1 Å². The summed E-state index contributed by atoms with van der Waals surface area (Å²) in [4.78, 5) is 0.996. The van der Waals surface area contributed by atoms with Crippen molar-refractivity contribution >= 4 is 11.3 Å². The molecule has 1 aromatic carbocycles. The average Bonchev–Trinajstić information content (AvgIpc) is 2.81. The summed E-state index contributed by atoms with van der Waals surface area (Å²) < 4.78 is 0. The van der Waals surface area contributed by atoms with E-state index in [2.05, 4.69) is 12.1 Å². The normalized spacial score (nSPS) is 9.20. The first-order valence-corrected chi connectivity index (χ1v) is 5.12. The summed E-state index contributed by atoms with van der Waals surface area (Å²) in [5, 5.41) is 19.5. The second-order valence-corrected chi connectivity index (χ2v) is 3.81. The molecule has 0 saturated heterocycles. The van der Waals surface area contributed by atoms with Crippen LogP contribution in [0.25, 0.3) is 10.4 Å². The van der Waals surface area contributed by atoms with Crippen LogP contribution in [0.5, 0.6) is 0 Å². The lowest BCUT2D eigenvalue weighted by Crippen LogP contribution is -1.83. The molecular weight excluding hydrogens is 204 g/mol. The molecule has 15 heavy (non-hydrogen) atoms. The summed E-state index contributed by atoms with van der Waals surface area (Å²) in [5.74, 6) is 0. The lowest BCUT2D eigenvalue weighted by atomic mass is 10.0. The summed E-state index contributed by atoms with van der Waals surface area (Å²) in [6, 6.07) is 14.0. The maximum atomic E-state index is 8.97. The zero-order valence-corrected chi connectivity index (χ0v) is 8.51. The maximum Gasteiger partial charge on any atom is 0.0998 e. The number of nitriles is 2. The van der Waals surface area contributed by atoms with Gasteiger partial charge in [-0.2, -0.15) is 10.5 Å². The van der Waals surface area contributed by atoms with E-state index < -0.39 is 0 Å². The SMILES string of the molecule is N#Cc1ccc(-c2c[c]cs2)c(C#N)c1. The highest BCUT2D eigenvalue weighted by atomic mass is 32.1. The van der Waals surface area contributed by atoms with E-state index in [1.807, 2.05) is 17.5 Å². The molecule has 0 saturated carbocycles. The zero-order valence-electron chi connectivity index (χ0n) is 7.69. The van der Waals surface area contributed by atoms with Gasteiger partial charge in [0.2, 0.25) is 0 Å². The standard InChI is InChI=1S/C12H5N2S/c13-7-9-3-4-11(10(6-9)8-14)12-2-1-5-15-12/h2-6H. The van der Waals surface area contributed by atoms with Crippen molar-refractivity contribution in [1.82, 2.24) is 0 Å². The molecule has 69 valence electrons. The third-order valence-corrected chi connectivity index (χ3v) is 2.85. The van der Waals surface area contributed by atoms with Crippen molar-refractivity contribution in [3.05, 3.63) is 46.8 Å². The van der Waals surface area contributed by atoms with E-state index in [1.165, 1.54) is 11.3 Å². The molecule has 2 aromatic rings. The summed E-state index contributed by atoms with van der Waals surface area (Å²) in [5.41, 5.74) is 1.91. The quantitative estimate of drug-likeness (QED) is 0.724. The molecule has 0 bridgehead atoms. The highest BCUT2D eigenvalue weighted by Gasteiger charge is 2.06. The second-order valence-electron chi connectivity index (χ2n) is 2.89. The molecule has 1 radical (unpaired) electrons. The van der Waals surface area contributed by atoms with Crippen LogP contribution in [0.15, 0.2) is 29.6 Å². The van der Waals surface area contributed by atoms with E-state index in [0.717, 1.165) is 10.4 Å². The van der Waals surface area contributed by atoms with Gasteiger partial charge in [0.1, 0.15) is 0 Å². The van der Waals surface area contributed by atoms with Crippen LogP contribution in [0.4, 0.5) is 0 Å². The van der Waals surface area contributed by atoms with Gasteiger partial charge in [0, 0.05) is 10.4 Å². The van der Waals surface area contributed by atoms with Crippen LogP contribution in [0.3, 0.4) is 0 Å². The van der Waals surface area contributed by atoms with Crippen LogP contribution in [-0.2, 0) is 0 Å². The predicted molar refractivity (Wildman–Crippen MR) is 58.0 cm³/mol. The maximum absolute atomic E-state index is 8.97. The molecule has 0 N–H and O–H groups in total. The monoisotopic (exact) mass is 209 g/mol. The van der Waals surface area contributed by atoms with Gasteiger partial charge in [-0.1, -0.05) is 6.07 Å². The first kappa shape index (κ1) is 9.45. The van der Waals surface area contributed by atoms with Crippen molar-refractivity contribution in [3.8, 4) is 22.6 Å². The molecule has 3 heteroatoms. The first-order valence-electron chi connectivity index (χ1n) is 4.24. The largest absolute Gasteiger partial charge is 0.192 e. The summed E-state index contributed by atoms with van der Waals surface area (Å²) in [6.07, 6.45) is 0. The van der Waals surface area contributed by atoms with Gasteiger partial charge in [-0.25, -0.2) is 0 Å². The van der Waals surface area contributed by atoms with Gasteiger partial charge >= 0.3 is 0 Å². The summed E-state index contributed by atoms with van der Waals surface area (Å²) >= 11 is 1.53. The highest BCUT2D eigenvalue weighted by molar-refractivity contribution is 7.13. The van der Waals surface area contributed by atoms with E-state index in [9.17, 15) is 0 Å². The Morgan fingerprint density at radius 1 is 1.20 bits per heavy atom. The Bertz CT molecular complexity index is 556. The first-order chi connectivity index (χ1) is 7.35. The molecule has 0 spiro atoms. The molecule has 0 unspecified atom stereocenters. The van der Waals surface area contributed by atoms with Crippen molar-refractivity contribution in [2.75, 3.05) is 0 Å². The summed E-state index contributed by atoms with van der Waals surface area (Å²) in [7, 11) is 0. The minimum absolute atomic E-state index is 0.510. The molecule has 0 atom stereocenters. The zero-order chi connectivity index (χ0) is 10.7. The smallest absolute Gasteiger partial charge is 0.0998 e. The van der Waals surface area contributed by atoms with Gasteiger partial charge in [0.25, 0.3) is 0 Å². The minimum atomic E-state index is 0.510. The van der Waals surface area contributed by atoms with Gasteiger partial charge < -0.3 is 0 Å². The van der Waals surface area contributed by atoms with E-state index >= 15 is 0 Å². The van der Waals surface area contributed by atoms with Gasteiger partial charge in [0.05, 0.1) is 23.3 Å². The topological polar surface area (TPSA) is 47.6 Å². The highest BCUT2D eigenvalue weighted by Crippen LogP contribution is 2.27. The van der Waals surface area contributed by atoms with Crippen LogP contribution in [0, 0.1) is 28.7 Å².